The normalized spacial score (nSPS) is 15.4. The van der Waals surface area contributed by atoms with Crippen LogP contribution < -0.4 is 0 Å². The van der Waals surface area contributed by atoms with Crippen molar-refractivity contribution in [1.29, 1.82) is 0 Å². The van der Waals surface area contributed by atoms with Crippen LogP contribution in [-0.4, -0.2) is 18.2 Å². The van der Waals surface area contributed by atoms with Crippen molar-refractivity contribution in [3.05, 3.63) is 35.4 Å². The van der Waals surface area contributed by atoms with E-state index in [2.05, 4.69) is 0 Å². The van der Waals surface area contributed by atoms with E-state index in [0.717, 1.165) is 25.3 Å². The van der Waals surface area contributed by atoms with Gasteiger partial charge >= 0.3 is 12.1 Å². The average molecular weight is 248 g/mol. The molecule has 1 aromatic carbocycles. The summed E-state index contributed by atoms with van der Waals surface area (Å²) in [7, 11) is 1.13. The summed E-state index contributed by atoms with van der Waals surface area (Å²) in [5.41, 5.74) is -2.75. The number of rotatable bonds is 3. The fraction of sp³-hybridized carbons (Fsp3) is 0.364. The molecule has 1 aromatic rings. The summed E-state index contributed by atoms with van der Waals surface area (Å²) >= 11 is 0. The van der Waals surface area contributed by atoms with Gasteiger partial charge in [-0.3, -0.25) is 0 Å². The van der Waals surface area contributed by atoms with E-state index < -0.39 is 23.3 Å². The van der Waals surface area contributed by atoms with Crippen LogP contribution in [-0.2, 0) is 21.3 Å². The molecule has 3 nitrogen and oxygen atoms in total. The lowest BCUT2D eigenvalue weighted by Gasteiger charge is -2.24. The minimum absolute atomic E-state index is 0.0534. The predicted octanol–water partition coefficient (Wildman–Crippen LogP) is 2.65. The Morgan fingerprint density at radius 1 is 1.29 bits per heavy atom. The minimum atomic E-state index is -4.51. The maximum Gasteiger partial charge on any atom is 0.416 e. The van der Waals surface area contributed by atoms with Crippen LogP contribution in [0.4, 0.5) is 13.2 Å². The molecule has 0 fully saturated rings. The van der Waals surface area contributed by atoms with Crippen LogP contribution in [0.1, 0.15) is 18.1 Å². The second kappa shape index (κ2) is 4.37. The van der Waals surface area contributed by atoms with Crippen molar-refractivity contribution in [3.63, 3.8) is 0 Å². The largest absolute Gasteiger partial charge is 0.479 e. The molecule has 0 aliphatic rings. The molecule has 1 atom stereocenters. The van der Waals surface area contributed by atoms with Crippen LogP contribution in [0.15, 0.2) is 24.3 Å². The van der Waals surface area contributed by atoms with E-state index in [9.17, 15) is 18.0 Å². The van der Waals surface area contributed by atoms with E-state index in [0.29, 0.717) is 0 Å². The Kier molecular flexibility index (Phi) is 3.47. The molecule has 94 valence electrons. The Balaban J connectivity index is 3.28. The lowest BCUT2D eigenvalue weighted by molar-refractivity contribution is -0.161. The third kappa shape index (κ3) is 2.58. The number of hydrogen-bond donors (Lipinski definition) is 1. The van der Waals surface area contributed by atoms with Gasteiger partial charge in [-0.15, -0.1) is 0 Å². The number of carboxylic acids is 1. The minimum Gasteiger partial charge on any atom is -0.479 e. The quantitative estimate of drug-likeness (QED) is 0.894. The zero-order valence-corrected chi connectivity index (χ0v) is 9.21. The highest BCUT2D eigenvalue weighted by Gasteiger charge is 2.38. The van der Waals surface area contributed by atoms with Gasteiger partial charge in [0.25, 0.3) is 0 Å². The summed E-state index contributed by atoms with van der Waals surface area (Å²) in [6.45, 7) is 1.20. The van der Waals surface area contributed by atoms with Gasteiger partial charge < -0.3 is 9.84 Å². The average Bonchev–Trinajstić information content (AvgIpc) is 2.26. The summed E-state index contributed by atoms with van der Waals surface area (Å²) in [6.07, 6.45) is -4.51. The first-order chi connectivity index (χ1) is 7.71. The van der Waals surface area contributed by atoms with Crippen LogP contribution >= 0.6 is 0 Å². The molecular weight excluding hydrogens is 237 g/mol. The van der Waals surface area contributed by atoms with Crippen LogP contribution in [0.25, 0.3) is 0 Å². The number of halogens is 3. The molecule has 0 heterocycles. The van der Waals surface area contributed by atoms with Crippen LogP contribution in [0, 0.1) is 0 Å². The number of methoxy groups -OCH3 is 1. The van der Waals surface area contributed by atoms with Crippen molar-refractivity contribution in [3.8, 4) is 0 Å². The van der Waals surface area contributed by atoms with Crippen molar-refractivity contribution in [2.75, 3.05) is 7.11 Å². The van der Waals surface area contributed by atoms with Crippen LogP contribution in [0.3, 0.4) is 0 Å². The molecule has 6 heteroatoms. The molecule has 0 saturated carbocycles. The highest BCUT2D eigenvalue weighted by atomic mass is 19.4. The fourth-order valence-corrected chi connectivity index (χ4v) is 1.32. The molecule has 0 aliphatic heterocycles. The first-order valence-corrected chi connectivity index (χ1v) is 4.68. The van der Waals surface area contributed by atoms with Crippen molar-refractivity contribution < 1.29 is 27.8 Å². The van der Waals surface area contributed by atoms with Gasteiger partial charge in [0.05, 0.1) is 5.56 Å². The topological polar surface area (TPSA) is 46.5 Å². The number of ether oxygens (including phenoxy) is 1. The van der Waals surface area contributed by atoms with Gasteiger partial charge in [-0.2, -0.15) is 13.2 Å². The maximum atomic E-state index is 12.5. The van der Waals surface area contributed by atoms with Gasteiger partial charge in [-0.1, -0.05) is 12.1 Å². The van der Waals surface area contributed by atoms with Crippen molar-refractivity contribution >= 4 is 5.97 Å². The Morgan fingerprint density at radius 3 is 2.24 bits per heavy atom. The van der Waals surface area contributed by atoms with Crippen molar-refractivity contribution in [2.24, 2.45) is 0 Å². The first-order valence-electron chi connectivity index (χ1n) is 4.68. The Morgan fingerprint density at radius 2 is 1.82 bits per heavy atom. The molecule has 0 aliphatic carbocycles. The highest BCUT2D eigenvalue weighted by molar-refractivity contribution is 5.79. The van der Waals surface area contributed by atoms with Gasteiger partial charge in [0.1, 0.15) is 0 Å². The second-order valence-corrected chi connectivity index (χ2v) is 3.62. The third-order valence-corrected chi connectivity index (χ3v) is 2.56. The highest BCUT2D eigenvalue weighted by Crippen LogP contribution is 2.33. The predicted molar refractivity (Wildman–Crippen MR) is 53.4 cm³/mol. The molecule has 1 N–H and O–H groups in total. The van der Waals surface area contributed by atoms with Gasteiger partial charge in [-0.25, -0.2) is 4.79 Å². The molecular formula is C11H11F3O3. The van der Waals surface area contributed by atoms with Crippen molar-refractivity contribution in [2.45, 2.75) is 18.7 Å². The Labute approximate surface area is 95.8 Å². The number of carbonyl (C=O) groups is 1. The molecule has 0 aromatic heterocycles. The van der Waals surface area contributed by atoms with Gasteiger partial charge in [0.2, 0.25) is 0 Å². The fourth-order valence-electron chi connectivity index (χ4n) is 1.32. The third-order valence-electron chi connectivity index (χ3n) is 2.56. The van der Waals surface area contributed by atoms with Gasteiger partial charge in [0, 0.05) is 7.11 Å². The van der Waals surface area contributed by atoms with Crippen LogP contribution in [0.2, 0.25) is 0 Å². The molecule has 0 amide bonds. The Bertz CT molecular complexity index is 428. The number of hydrogen-bond acceptors (Lipinski definition) is 2. The van der Waals surface area contributed by atoms with E-state index >= 15 is 0 Å². The lowest BCUT2D eigenvalue weighted by atomic mass is 9.94. The summed E-state index contributed by atoms with van der Waals surface area (Å²) in [5.74, 6) is -1.35. The lowest BCUT2D eigenvalue weighted by Crippen LogP contribution is -2.34. The van der Waals surface area contributed by atoms with E-state index in [1.54, 1.807) is 0 Å². The molecule has 0 spiro atoms. The molecule has 1 rings (SSSR count). The monoisotopic (exact) mass is 248 g/mol. The van der Waals surface area contributed by atoms with E-state index in [4.69, 9.17) is 9.84 Å². The zero-order chi connectivity index (χ0) is 13.3. The standard InChI is InChI=1S/C11H11F3O3/c1-10(17-2,9(15)16)7-4-3-5-8(6-7)11(12,13)14/h3-6H,1-2H3,(H,15,16). The van der Waals surface area contributed by atoms with E-state index in [1.807, 2.05) is 0 Å². The second-order valence-electron chi connectivity index (χ2n) is 3.62. The molecule has 0 saturated heterocycles. The summed E-state index contributed by atoms with van der Waals surface area (Å²) in [4.78, 5) is 11.0. The molecule has 17 heavy (non-hydrogen) atoms. The smallest absolute Gasteiger partial charge is 0.416 e. The molecule has 0 bridgehead atoms. The van der Waals surface area contributed by atoms with E-state index in [1.165, 1.54) is 13.0 Å². The van der Waals surface area contributed by atoms with Crippen LogP contribution in [0.5, 0.6) is 0 Å². The number of aliphatic carboxylic acids is 1. The summed E-state index contributed by atoms with van der Waals surface area (Å²) in [6, 6.07) is 4.09. The summed E-state index contributed by atoms with van der Waals surface area (Å²) in [5, 5.41) is 8.97. The van der Waals surface area contributed by atoms with E-state index in [-0.39, 0.29) is 5.56 Å². The zero-order valence-electron chi connectivity index (χ0n) is 9.21. The number of carboxylic acid groups (broad SMARTS) is 1. The van der Waals surface area contributed by atoms with Gasteiger partial charge in [-0.05, 0) is 24.6 Å². The summed E-state index contributed by atoms with van der Waals surface area (Å²) < 4.78 is 42.2. The first kappa shape index (κ1) is 13.5. The SMILES string of the molecule is COC(C)(C(=O)O)c1cccc(C(F)(F)F)c1. The number of alkyl halides is 3. The molecule has 1 unspecified atom stereocenters. The maximum absolute atomic E-state index is 12.5. The Hall–Kier alpha value is -1.56. The molecule has 0 radical (unpaired) electrons. The number of benzene rings is 1. The van der Waals surface area contributed by atoms with Gasteiger partial charge in [0.15, 0.2) is 5.60 Å². The van der Waals surface area contributed by atoms with Crippen molar-refractivity contribution in [1.82, 2.24) is 0 Å².